The third-order valence-corrected chi connectivity index (χ3v) is 3.57. The highest BCUT2D eigenvalue weighted by Crippen LogP contribution is 2.19. The predicted molar refractivity (Wildman–Crippen MR) is 79.9 cm³/mol. The van der Waals surface area contributed by atoms with Crippen molar-refractivity contribution in [3.63, 3.8) is 0 Å². The van der Waals surface area contributed by atoms with E-state index in [1.54, 1.807) is 36.7 Å². The molecule has 0 atom stereocenters. The largest absolute Gasteiger partial charge is 0.478 e. The fourth-order valence-electron chi connectivity index (χ4n) is 2.45. The average molecular weight is 284 g/mol. The maximum atomic E-state index is 11.0. The molecule has 1 aliphatic heterocycles. The molecule has 2 aromatic rings. The van der Waals surface area contributed by atoms with Crippen molar-refractivity contribution in [1.82, 2.24) is 9.97 Å². The topological polar surface area (TPSA) is 69.6 Å². The first-order valence-corrected chi connectivity index (χ1v) is 6.84. The summed E-state index contributed by atoms with van der Waals surface area (Å²) in [6, 6.07) is 8.86. The minimum Gasteiger partial charge on any atom is -0.478 e. The van der Waals surface area contributed by atoms with Gasteiger partial charge in [0.15, 0.2) is 0 Å². The normalized spacial score (nSPS) is 15.0. The lowest BCUT2D eigenvalue weighted by Crippen LogP contribution is -2.47. The van der Waals surface area contributed by atoms with E-state index in [0.717, 1.165) is 37.8 Å². The van der Waals surface area contributed by atoms with Crippen molar-refractivity contribution in [2.24, 2.45) is 0 Å². The second-order valence-corrected chi connectivity index (χ2v) is 4.88. The lowest BCUT2D eigenvalue weighted by Gasteiger charge is -2.36. The molecule has 1 aromatic carbocycles. The monoisotopic (exact) mass is 284 g/mol. The summed E-state index contributed by atoms with van der Waals surface area (Å²) in [7, 11) is 0. The Morgan fingerprint density at radius 3 is 2.33 bits per heavy atom. The Bertz CT molecular complexity index is 625. The molecule has 108 valence electrons. The van der Waals surface area contributed by atoms with Gasteiger partial charge in [-0.1, -0.05) is 6.07 Å². The first-order valence-electron chi connectivity index (χ1n) is 6.84. The molecule has 0 bridgehead atoms. The van der Waals surface area contributed by atoms with Crippen LogP contribution in [0.5, 0.6) is 0 Å². The van der Waals surface area contributed by atoms with E-state index >= 15 is 0 Å². The lowest BCUT2D eigenvalue weighted by atomic mass is 10.1. The summed E-state index contributed by atoms with van der Waals surface area (Å²) in [4.78, 5) is 23.9. The van der Waals surface area contributed by atoms with Gasteiger partial charge in [-0.3, -0.25) is 0 Å². The van der Waals surface area contributed by atoms with Crippen LogP contribution in [0.4, 0.5) is 11.6 Å². The number of carboxylic acids is 1. The molecule has 0 aliphatic carbocycles. The Hall–Kier alpha value is -2.63. The van der Waals surface area contributed by atoms with Crippen molar-refractivity contribution < 1.29 is 9.90 Å². The highest BCUT2D eigenvalue weighted by atomic mass is 16.4. The van der Waals surface area contributed by atoms with Crippen LogP contribution in [0.2, 0.25) is 0 Å². The number of hydrogen-bond acceptors (Lipinski definition) is 5. The van der Waals surface area contributed by atoms with E-state index in [-0.39, 0.29) is 0 Å². The summed E-state index contributed by atoms with van der Waals surface area (Å²) < 4.78 is 0. The summed E-state index contributed by atoms with van der Waals surface area (Å²) in [5.41, 5.74) is 1.27. The van der Waals surface area contributed by atoms with Gasteiger partial charge in [0.05, 0.1) is 5.56 Å². The van der Waals surface area contributed by atoms with Crippen molar-refractivity contribution in [3.8, 4) is 0 Å². The highest BCUT2D eigenvalue weighted by molar-refractivity contribution is 5.88. The molecule has 0 amide bonds. The smallest absolute Gasteiger partial charge is 0.335 e. The second-order valence-electron chi connectivity index (χ2n) is 4.88. The number of nitrogens with zero attached hydrogens (tertiary/aromatic N) is 4. The van der Waals surface area contributed by atoms with Gasteiger partial charge >= 0.3 is 5.97 Å². The van der Waals surface area contributed by atoms with Crippen LogP contribution >= 0.6 is 0 Å². The SMILES string of the molecule is O=C(O)c1cccc(N2CCN(c3ncccn3)CC2)c1. The highest BCUT2D eigenvalue weighted by Gasteiger charge is 2.19. The Morgan fingerprint density at radius 2 is 1.67 bits per heavy atom. The van der Waals surface area contributed by atoms with Gasteiger partial charge in [0.1, 0.15) is 0 Å². The summed E-state index contributed by atoms with van der Waals surface area (Å²) in [6.45, 7) is 3.28. The summed E-state index contributed by atoms with van der Waals surface area (Å²) in [5.74, 6) is -0.149. The van der Waals surface area contributed by atoms with Crippen LogP contribution in [0.1, 0.15) is 10.4 Å². The van der Waals surface area contributed by atoms with Gasteiger partial charge in [0, 0.05) is 44.3 Å². The molecule has 6 nitrogen and oxygen atoms in total. The van der Waals surface area contributed by atoms with Gasteiger partial charge in [-0.05, 0) is 24.3 Å². The molecule has 21 heavy (non-hydrogen) atoms. The lowest BCUT2D eigenvalue weighted by molar-refractivity contribution is 0.0697. The summed E-state index contributed by atoms with van der Waals surface area (Å²) >= 11 is 0. The van der Waals surface area contributed by atoms with Gasteiger partial charge in [-0.25, -0.2) is 14.8 Å². The van der Waals surface area contributed by atoms with Gasteiger partial charge in [-0.2, -0.15) is 0 Å². The fourth-order valence-corrected chi connectivity index (χ4v) is 2.45. The van der Waals surface area contributed by atoms with Crippen molar-refractivity contribution in [3.05, 3.63) is 48.3 Å². The van der Waals surface area contributed by atoms with Crippen LogP contribution < -0.4 is 9.80 Å². The first kappa shape index (κ1) is 13.4. The van der Waals surface area contributed by atoms with E-state index in [4.69, 9.17) is 5.11 Å². The Kier molecular flexibility index (Phi) is 3.68. The van der Waals surface area contributed by atoms with E-state index in [1.165, 1.54) is 0 Å². The Morgan fingerprint density at radius 1 is 1.00 bits per heavy atom. The molecule has 1 aromatic heterocycles. The molecule has 1 aliphatic rings. The molecular formula is C15H16N4O2. The first-order chi connectivity index (χ1) is 10.2. The van der Waals surface area contributed by atoms with Gasteiger partial charge in [-0.15, -0.1) is 0 Å². The van der Waals surface area contributed by atoms with E-state index in [1.807, 2.05) is 6.07 Å². The van der Waals surface area contributed by atoms with Crippen molar-refractivity contribution in [2.75, 3.05) is 36.0 Å². The van der Waals surface area contributed by atoms with Crippen LogP contribution in [-0.4, -0.2) is 47.2 Å². The molecule has 1 saturated heterocycles. The van der Waals surface area contributed by atoms with Gasteiger partial charge in [0.25, 0.3) is 0 Å². The standard InChI is InChI=1S/C15H16N4O2/c20-14(21)12-3-1-4-13(11-12)18-7-9-19(10-8-18)15-16-5-2-6-17-15/h1-6,11H,7-10H2,(H,20,21). The maximum Gasteiger partial charge on any atom is 0.335 e. The van der Waals surface area contributed by atoms with E-state index in [0.29, 0.717) is 5.56 Å². The van der Waals surface area contributed by atoms with E-state index in [9.17, 15) is 4.79 Å². The number of piperazine rings is 1. The number of carbonyl (C=O) groups is 1. The average Bonchev–Trinajstić information content (AvgIpc) is 2.56. The number of anilines is 2. The number of rotatable bonds is 3. The van der Waals surface area contributed by atoms with Crippen molar-refractivity contribution in [1.29, 1.82) is 0 Å². The van der Waals surface area contributed by atoms with Crippen LogP contribution in [-0.2, 0) is 0 Å². The molecule has 2 heterocycles. The Labute approximate surface area is 122 Å². The van der Waals surface area contributed by atoms with Crippen molar-refractivity contribution in [2.45, 2.75) is 0 Å². The number of carboxylic acid groups (broad SMARTS) is 1. The third-order valence-electron chi connectivity index (χ3n) is 3.57. The van der Waals surface area contributed by atoms with Crippen LogP contribution in [0.25, 0.3) is 0 Å². The molecule has 0 saturated carbocycles. The Balaban J connectivity index is 1.68. The zero-order valence-electron chi connectivity index (χ0n) is 11.5. The molecule has 6 heteroatoms. The zero-order chi connectivity index (χ0) is 14.7. The number of benzene rings is 1. The molecular weight excluding hydrogens is 268 g/mol. The van der Waals surface area contributed by atoms with Crippen LogP contribution in [0, 0.1) is 0 Å². The molecule has 0 radical (unpaired) electrons. The van der Waals surface area contributed by atoms with Gasteiger partial charge in [0.2, 0.25) is 5.95 Å². The van der Waals surface area contributed by atoms with Crippen LogP contribution in [0.3, 0.4) is 0 Å². The van der Waals surface area contributed by atoms with E-state index < -0.39 is 5.97 Å². The maximum absolute atomic E-state index is 11.0. The molecule has 0 unspecified atom stereocenters. The number of hydrogen-bond donors (Lipinski definition) is 1. The molecule has 1 fully saturated rings. The van der Waals surface area contributed by atoms with Crippen molar-refractivity contribution >= 4 is 17.6 Å². The molecule has 3 rings (SSSR count). The number of aromatic nitrogens is 2. The number of aromatic carboxylic acids is 1. The third kappa shape index (κ3) is 2.94. The molecule has 1 N–H and O–H groups in total. The van der Waals surface area contributed by atoms with Crippen LogP contribution in [0.15, 0.2) is 42.7 Å². The fraction of sp³-hybridized carbons (Fsp3) is 0.267. The van der Waals surface area contributed by atoms with E-state index in [2.05, 4.69) is 19.8 Å². The second kappa shape index (κ2) is 5.78. The molecule has 0 spiro atoms. The van der Waals surface area contributed by atoms with Gasteiger partial charge < -0.3 is 14.9 Å². The summed E-state index contributed by atoms with van der Waals surface area (Å²) in [5, 5.41) is 9.06. The summed E-state index contributed by atoms with van der Waals surface area (Å²) in [6.07, 6.45) is 3.48. The predicted octanol–water partition coefficient (Wildman–Crippen LogP) is 1.50. The zero-order valence-corrected chi connectivity index (χ0v) is 11.5. The minimum absolute atomic E-state index is 0.321. The minimum atomic E-state index is -0.895. The quantitative estimate of drug-likeness (QED) is 0.921.